The average molecular weight is 402 g/mol. The van der Waals surface area contributed by atoms with Crippen LogP contribution in [-0.4, -0.2) is 36.9 Å². The van der Waals surface area contributed by atoms with Gasteiger partial charge in [0, 0.05) is 28.6 Å². The molecule has 1 aliphatic rings. The summed E-state index contributed by atoms with van der Waals surface area (Å²) in [5.41, 5.74) is 6.19. The molecule has 0 spiro atoms. The molecule has 3 heteroatoms. The van der Waals surface area contributed by atoms with Gasteiger partial charge in [0.1, 0.15) is 12.4 Å². The van der Waals surface area contributed by atoms with Gasteiger partial charge >= 0.3 is 0 Å². The number of fused-ring (bicyclic) bond motifs is 5. The van der Waals surface area contributed by atoms with E-state index in [0.29, 0.717) is 6.61 Å². The highest BCUT2D eigenvalue weighted by Gasteiger charge is 2.30. The van der Waals surface area contributed by atoms with Crippen molar-refractivity contribution < 1.29 is 9.53 Å². The molecule has 3 nitrogen and oxygen atoms in total. The maximum absolute atomic E-state index is 13.3. The highest BCUT2D eigenvalue weighted by molar-refractivity contribution is 6.26. The third-order valence-electron chi connectivity index (χ3n) is 6.38. The summed E-state index contributed by atoms with van der Waals surface area (Å²) in [6, 6.07) is 14.9. The quantitative estimate of drug-likeness (QED) is 0.368. The first-order chi connectivity index (χ1) is 14.6. The lowest BCUT2D eigenvalue weighted by Gasteiger charge is -2.19. The lowest BCUT2D eigenvalue weighted by atomic mass is 9.95. The van der Waals surface area contributed by atoms with E-state index in [1.54, 1.807) is 0 Å². The average Bonchev–Trinajstić information content (AvgIpc) is 3.07. The number of carbonyl (C=O) groups is 1. The monoisotopic (exact) mass is 401 g/mol. The summed E-state index contributed by atoms with van der Waals surface area (Å²) in [7, 11) is 0. The first-order valence-corrected chi connectivity index (χ1v) is 11.2. The molecular formula is C27H31NO2. The standard InChI is InChI=1S/C27H31NO2/c1-5-18-9-11-20-22(15-18)25(30-14-13-28(7-3)8-4)17-24-26(20)21-12-10-19(6-2)16-23(21)27(24)29/h9-12,15-17H,5-8,13-14H2,1-4H3. The largest absolute Gasteiger partial charge is 0.492 e. The normalized spacial score (nSPS) is 12.5. The van der Waals surface area contributed by atoms with Crippen LogP contribution in [0.25, 0.3) is 21.9 Å². The lowest BCUT2D eigenvalue weighted by Crippen LogP contribution is -2.27. The molecule has 0 aliphatic heterocycles. The zero-order valence-corrected chi connectivity index (χ0v) is 18.5. The van der Waals surface area contributed by atoms with E-state index in [1.807, 2.05) is 6.07 Å². The Morgan fingerprint density at radius 2 is 1.47 bits per heavy atom. The number of carbonyl (C=O) groups excluding carboxylic acids is 1. The van der Waals surface area contributed by atoms with Crippen LogP contribution in [0.4, 0.5) is 0 Å². The fourth-order valence-corrected chi connectivity index (χ4v) is 4.43. The SMILES string of the molecule is CCc1ccc2c(c1)C(=O)c1cc(OCCN(CC)CC)c3cc(CC)ccc3c1-2. The van der Waals surface area contributed by atoms with Crippen molar-refractivity contribution in [1.82, 2.24) is 4.90 Å². The van der Waals surface area contributed by atoms with E-state index in [2.05, 4.69) is 69.0 Å². The second-order valence-corrected chi connectivity index (χ2v) is 7.97. The highest BCUT2D eigenvalue weighted by atomic mass is 16.5. The number of rotatable bonds is 8. The predicted molar refractivity (Wildman–Crippen MR) is 125 cm³/mol. The summed E-state index contributed by atoms with van der Waals surface area (Å²) in [5, 5.41) is 2.21. The molecule has 0 atom stereocenters. The van der Waals surface area contributed by atoms with Crippen molar-refractivity contribution in [1.29, 1.82) is 0 Å². The molecular weight excluding hydrogens is 370 g/mol. The minimum atomic E-state index is 0.116. The number of nitrogens with zero attached hydrogens (tertiary/aromatic N) is 1. The van der Waals surface area contributed by atoms with Gasteiger partial charge in [-0.2, -0.15) is 0 Å². The number of hydrogen-bond acceptors (Lipinski definition) is 3. The number of aryl methyl sites for hydroxylation is 2. The summed E-state index contributed by atoms with van der Waals surface area (Å²) >= 11 is 0. The number of ketones is 1. The lowest BCUT2D eigenvalue weighted by molar-refractivity contribution is 0.104. The Morgan fingerprint density at radius 1 is 0.767 bits per heavy atom. The fraction of sp³-hybridized carbons (Fsp3) is 0.370. The molecule has 0 fully saturated rings. The van der Waals surface area contributed by atoms with Gasteiger partial charge < -0.3 is 9.64 Å². The Hall–Kier alpha value is -2.65. The fourth-order valence-electron chi connectivity index (χ4n) is 4.43. The van der Waals surface area contributed by atoms with E-state index in [9.17, 15) is 4.79 Å². The van der Waals surface area contributed by atoms with Crippen molar-refractivity contribution >= 4 is 16.6 Å². The zero-order chi connectivity index (χ0) is 21.3. The van der Waals surface area contributed by atoms with Crippen LogP contribution < -0.4 is 4.74 Å². The predicted octanol–water partition coefficient (Wildman–Crippen LogP) is 5.90. The van der Waals surface area contributed by atoms with E-state index >= 15 is 0 Å². The van der Waals surface area contributed by atoms with Crippen LogP contribution in [-0.2, 0) is 12.8 Å². The topological polar surface area (TPSA) is 29.5 Å². The van der Waals surface area contributed by atoms with Crippen molar-refractivity contribution in [3.8, 4) is 16.9 Å². The summed E-state index contributed by atoms with van der Waals surface area (Å²) in [6.07, 6.45) is 1.90. The summed E-state index contributed by atoms with van der Waals surface area (Å²) in [5.74, 6) is 0.938. The minimum Gasteiger partial charge on any atom is -0.492 e. The molecule has 156 valence electrons. The van der Waals surface area contributed by atoms with Crippen LogP contribution in [0.3, 0.4) is 0 Å². The van der Waals surface area contributed by atoms with Gasteiger partial charge in [-0.25, -0.2) is 0 Å². The van der Waals surface area contributed by atoms with Gasteiger partial charge in [0.25, 0.3) is 0 Å². The molecule has 0 bridgehead atoms. The first kappa shape index (κ1) is 20.6. The van der Waals surface area contributed by atoms with E-state index in [-0.39, 0.29) is 5.78 Å². The molecule has 30 heavy (non-hydrogen) atoms. The van der Waals surface area contributed by atoms with Crippen LogP contribution in [0.2, 0.25) is 0 Å². The van der Waals surface area contributed by atoms with Gasteiger partial charge in [0.15, 0.2) is 5.78 Å². The minimum absolute atomic E-state index is 0.116. The molecule has 0 unspecified atom stereocenters. The van der Waals surface area contributed by atoms with Crippen LogP contribution in [0.15, 0.2) is 42.5 Å². The zero-order valence-electron chi connectivity index (χ0n) is 18.5. The summed E-state index contributed by atoms with van der Waals surface area (Å²) < 4.78 is 6.28. The number of ether oxygens (including phenoxy) is 1. The van der Waals surface area contributed by atoms with Gasteiger partial charge in [-0.3, -0.25) is 4.79 Å². The van der Waals surface area contributed by atoms with Gasteiger partial charge in [-0.05, 0) is 66.2 Å². The second kappa shape index (κ2) is 8.61. The van der Waals surface area contributed by atoms with Crippen LogP contribution in [0.5, 0.6) is 5.75 Å². The molecule has 0 aromatic heterocycles. The molecule has 0 N–H and O–H groups in total. The van der Waals surface area contributed by atoms with Gasteiger partial charge in [0.2, 0.25) is 0 Å². The Bertz CT molecular complexity index is 1100. The third kappa shape index (κ3) is 3.52. The van der Waals surface area contributed by atoms with Gasteiger partial charge in [-0.15, -0.1) is 0 Å². The van der Waals surface area contributed by atoms with Crippen molar-refractivity contribution in [2.45, 2.75) is 40.5 Å². The first-order valence-electron chi connectivity index (χ1n) is 11.2. The molecule has 0 radical (unpaired) electrons. The van der Waals surface area contributed by atoms with Crippen molar-refractivity contribution in [2.24, 2.45) is 0 Å². The smallest absolute Gasteiger partial charge is 0.194 e. The molecule has 0 heterocycles. The Labute approximate surface area is 179 Å². The van der Waals surface area contributed by atoms with Crippen molar-refractivity contribution in [3.63, 3.8) is 0 Å². The van der Waals surface area contributed by atoms with Crippen molar-refractivity contribution in [2.75, 3.05) is 26.2 Å². The summed E-state index contributed by atoms with van der Waals surface area (Å²) in [4.78, 5) is 15.6. The molecule has 1 aliphatic carbocycles. The molecule has 0 saturated heterocycles. The Morgan fingerprint density at radius 3 is 2.17 bits per heavy atom. The Kier molecular flexibility index (Phi) is 5.92. The van der Waals surface area contributed by atoms with Gasteiger partial charge in [0.05, 0.1) is 0 Å². The maximum atomic E-state index is 13.3. The molecule has 0 saturated carbocycles. The number of likely N-dealkylation sites (N-methyl/N-ethyl adjacent to an activating group) is 1. The van der Waals surface area contributed by atoms with E-state index in [4.69, 9.17) is 4.74 Å². The second-order valence-electron chi connectivity index (χ2n) is 7.97. The highest BCUT2D eigenvalue weighted by Crippen LogP contribution is 2.45. The summed E-state index contributed by atoms with van der Waals surface area (Å²) in [6.45, 7) is 12.2. The maximum Gasteiger partial charge on any atom is 0.194 e. The van der Waals surface area contributed by atoms with Crippen LogP contribution in [0, 0.1) is 0 Å². The number of benzene rings is 3. The van der Waals surface area contributed by atoms with Crippen LogP contribution >= 0.6 is 0 Å². The molecule has 3 aromatic carbocycles. The van der Waals surface area contributed by atoms with Crippen molar-refractivity contribution in [3.05, 3.63) is 64.7 Å². The molecule has 3 aromatic rings. The van der Waals surface area contributed by atoms with Gasteiger partial charge in [-0.1, -0.05) is 52.0 Å². The third-order valence-corrected chi connectivity index (χ3v) is 6.38. The van der Waals surface area contributed by atoms with E-state index < -0.39 is 0 Å². The van der Waals surface area contributed by atoms with Crippen LogP contribution in [0.1, 0.15) is 54.7 Å². The molecule has 4 rings (SSSR count). The Balaban J connectivity index is 1.82. The van der Waals surface area contributed by atoms with E-state index in [0.717, 1.165) is 71.3 Å². The van der Waals surface area contributed by atoms with E-state index in [1.165, 1.54) is 11.1 Å². The number of hydrogen-bond donors (Lipinski definition) is 0. The molecule has 0 amide bonds.